The smallest absolute Gasteiger partial charge is 0.338 e. The summed E-state index contributed by atoms with van der Waals surface area (Å²) in [5.74, 6) is -0.548. The number of ether oxygens (including phenoxy) is 1. The molecule has 1 aromatic heterocycles. The van der Waals surface area contributed by atoms with Crippen LogP contribution in [0.3, 0.4) is 0 Å². The van der Waals surface area contributed by atoms with Crippen LogP contribution in [0, 0.1) is 0 Å². The number of fused-ring (bicyclic) bond motifs is 1. The molecule has 5 nitrogen and oxygen atoms in total. The normalized spacial score (nSPS) is 16.3. The fourth-order valence-corrected chi connectivity index (χ4v) is 4.81. The third-order valence-electron chi connectivity index (χ3n) is 4.79. The Balaban J connectivity index is 2.00. The molecule has 0 spiro atoms. The van der Waals surface area contributed by atoms with Gasteiger partial charge >= 0.3 is 5.97 Å². The van der Waals surface area contributed by atoms with Crippen LogP contribution < -0.4 is 14.9 Å². The standard InChI is InChI=1S/C22H16Cl2N2O3S/c1-12-18(21(28)29-2)19(15-5-3-4-6-16(15)24)26-20(27)17(30-22(26)25-12)11-13-7-9-14(23)10-8-13/h3-11,19H,1-2H3/b17-11-/t19-/m0/s1. The molecule has 0 radical (unpaired) electrons. The predicted molar refractivity (Wildman–Crippen MR) is 119 cm³/mol. The van der Waals surface area contributed by atoms with E-state index in [0.717, 1.165) is 5.56 Å². The van der Waals surface area contributed by atoms with Gasteiger partial charge in [-0.25, -0.2) is 9.79 Å². The molecule has 1 aliphatic rings. The van der Waals surface area contributed by atoms with Crippen LogP contribution >= 0.6 is 34.5 Å². The van der Waals surface area contributed by atoms with Crippen molar-refractivity contribution in [1.82, 2.24) is 4.57 Å². The van der Waals surface area contributed by atoms with Gasteiger partial charge in [-0.1, -0.05) is 64.9 Å². The van der Waals surface area contributed by atoms with Gasteiger partial charge in [0.2, 0.25) is 0 Å². The van der Waals surface area contributed by atoms with E-state index in [1.807, 2.05) is 18.2 Å². The van der Waals surface area contributed by atoms with E-state index < -0.39 is 12.0 Å². The van der Waals surface area contributed by atoms with Gasteiger partial charge in [-0.3, -0.25) is 9.36 Å². The highest BCUT2D eigenvalue weighted by molar-refractivity contribution is 7.07. The SMILES string of the molecule is COC(=O)C1=C(C)N=c2s/c(=C\c3ccc(Cl)cc3)c(=O)n2[C@H]1c1ccccc1Cl. The van der Waals surface area contributed by atoms with Crippen molar-refractivity contribution in [2.45, 2.75) is 13.0 Å². The molecule has 1 aliphatic heterocycles. The molecule has 0 amide bonds. The maximum atomic E-state index is 13.4. The lowest BCUT2D eigenvalue weighted by atomic mass is 9.96. The molecule has 1 atom stereocenters. The Kier molecular flexibility index (Phi) is 5.64. The van der Waals surface area contributed by atoms with E-state index >= 15 is 0 Å². The van der Waals surface area contributed by atoms with Crippen LogP contribution in [0.5, 0.6) is 0 Å². The molecule has 0 aliphatic carbocycles. The minimum Gasteiger partial charge on any atom is -0.466 e. The Labute approximate surface area is 186 Å². The quantitative estimate of drug-likeness (QED) is 0.561. The fraction of sp³-hybridized carbons (Fsp3) is 0.136. The van der Waals surface area contributed by atoms with Crippen molar-refractivity contribution in [2.75, 3.05) is 7.11 Å². The average molecular weight is 459 g/mol. The van der Waals surface area contributed by atoms with E-state index in [4.69, 9.17) is 27.9 Å². The number of esters is 1. The third-order valence-corrected chi connectivity index (χ3v) is 6.37. The van der Waals surface area contributed by atoms with Crippen molar-refractivity contribution in [2.24, 2.45) is 4.99 Å². The highest BCUT2D eigenvalue weighted by Gasteiger charge is 2.34. The van der Waals surface area contributed by atoms with E-state index in [1.165, 1.54) is 23.0 Å². The van der Waals surface area contributed by atoms with Gasteiger partial charge < -0.3 is 4.74 Å². The molecule has 30 heavy (non-hydrogen) atoms. The van der Waals surface area contributed by atoms with Crippen LogP contribution in [0.2, 0.25) is 10.0 Å². The third kappa shape index (κ3) is 3.62. The molecule has 3 aromatic rings. The second-order valence-electron chi connectivity index (χ2n) is 6.65. The lowest BCUT2D eigenvalue weighted by molar-refractivity contribution is -0.136. The molecule has 0 saturated carbocycles. The van der Waals surface area contributed by atoms with Crippen molar-refractivity contribution in [1.29, 1.82) is 0 Å². The summed E-state index contributed by atoms with van der Waals surface area (Å²) in [6.07, 6.45) is 1.78. The van der Waals surface area contributed by atoms with E-state index in [2.05, 4.69) is 4.99 Å². The maximum Gasteiger partial charge on any atom is 0.338 e. The van der Waals surface area contributed by atoms with Crippen LogP contribution in [0.15, 0.2) is 69.6 Å². The second-order valence-corrected chi connectivity index (χ2v) is 8.50. The molecule has 0 fully saturated rings. The van der Waals surface area contributed by atoms with Crippen LogP contribution in [0.4, 0.5) is 0 Å². The van der Waals surface area contributed by atoms with Crippen LogP contribution in [0.1, 0.15) is 24.1 Å². The Hall–Kier alpha value is -2.67. The molecule has 0 bridgehead atoms. The molecule has 0 saturated heterocycles. The zero-order valence-corrected chi connectivity index (χ0v) is 18.4. The number of carbonyl (C=O) groups excluding carboxylic acids is 1. The Bertz CT molecular complexity index is 1350. The number of carbonyl (C=O) groups is 1. The lowest BCUT2D eigenvalue weighted by Crippen LogP contribution is -2.39. The van der Waals surface area contributed by atoms with E-state index in [0.29, 0.717) is 30.6 Å². The van der Waals surface area contributed by atoms with Crippen molar-refractivity contribution in [3.63, 3.8) is 0 Å². The maximum absolute atomic E-state index is 13.4. The number of benzene rings is 2. The topological polar surface area (TPSA) is 60.7 Å². The zero-order chi connectivity index (χ0) is 21.4. The van der Waals surface area contributed by atoms with Gasteiger partial charge in [0.15, 0.2) is 4.80 Å². The number of rotatable bonds is 3. The van der Waals surface area contributed by atoms with Crippen molar-refractivity contribution in [3.05, 3.63) is 101 Å². The minimum absolute atomic E-state index is 0.257. The van der Waals surface area contributed by atoms with Crippen molar-refractivity contribution >= 4 is 46.6 Å². The molecule has 152 valence electrons. The first-order valence-corrected chi connectivity index (χ1v) is 10.6. The van der Waals surface area contributed by atoms with Crippen molar-refractivity contribution in [3.8, 4) is 0 Å². The van der Waals surface area contributed by atoms with Crippen LogP contribution in [-0.4, -0.2) is 17.6 Å². The number of hydrogen-bond acceptors (Lipinski definition) is 5. The number of aromatic nitrogens is 1. The molecule has 2 aromatic carbocycles. The summed E-state index contributed by atoms with van der Waals surface area (Å²) < 4.78 is 6.99. The highest BCUT2D eigenvalue weighted by atomic mass is 35.5. The van der Waals surface area contributed by atoms with Gasteiger partial charge in [-0.15, -0.1) is 0 Å². The summed E-state index contributed by atoms with van der Waals surface area (Å²) in [7, 11) is 1.30. The Morgan fingerprint density at radius 2 is 1.87 bits per heavy atom. The van der Waals surface area contributed by atoms with Gasteiger partial charge in [-0.2, -0.15) is 0 Å². The molecule has 0 N–H and O–H groups in total. The predicted octanol–water partition coefficient (Wildman–Crippen LogP) is 3.72. The molecule has 8 heteroatoms. The van der Waals surface area contributed by atoms with E-state index in [-0.39, 0.29) is 11.1 Å². The second kappa shape index (κ2) is 8.22. The number of methoxy groups -OCH3 is 1. The summed E-state index contributed by atoms with van der Waals surface area (Å²) in [5, 5.41) is 1.07. The molecule has 4 rings (SSSR count). The zero-order valence-electron chi connectivity index (χ0n) is 16.1. The number of hydrogen-bond donors (Lipinski definition) is 0. The minimum atomic E-state index is -0.727. The van der Waals surface area contributed by atoms with E-state index in [9.17, 15) is 9.59 Å². The molecular formula is C22H16Cl2N2O3S. The fourth-order valence-electron chi connectivity index (χ4n) is 3.39. The van der Waals surface area contributed by atoms with Gasteiger partial charge in [0.05, 0.1) is 22.9 Å². The largest absolute Gasteiger partial charge is 0.466 e. The van der Waals surface area contributed by atoms with E-state index in [1.54, 1.807) is 43.3 Å². The van der Waals surface area contributed by atoms with Crippen LogP contribution in [-0.2, 0) is 9.53 Å². The van der Waals surface area contributed by atoms with Gasteiger partial charge in [0, 0.05) is 10.0 Å². The number of allylic oxidation sites excluding steroid dienone is 1. The number of nitrogens with zero attached hydrogens (tertiary/aromatic N) is 2. The Morgan fingerprint density at radius 3 is 2.53 bits per heavy atom. The lowest BCUT2D eigenvalue weighted by Gasteiger charge is -2.25. The first kappa shape index (κ1) is 20.6. The molecule has 0 unspecified atom stereocenters. The van der Waals surface area contributed by atoms with Crippen LogP contribution in [0.25, 0.3) is 6.08 Å². The summed E-state index contributed by atoms with van der Waals surface area (Å²) in [6.45, 7) is 1.73. The van der Waals surface area contributed by atoms with Gasteiger partial charge in [-0.05, 0) is 42.3 Å². The summed E-state index contributed by atoms with van der Waals surface area (Å²) >= 11 is 13.7. The first-order valence-electron chi connectivity index (χ1n) is 9.01. The van der Waals surface area contributed by atoms with Gasteiger partial charge in [0.1, 0.15) is 6.04 Å². The van der Waals surface area contributed by atoms with Crippen molar-refractivity contribution < 1.29 is 9.53 Å². The number of thiazole rings is 1. The first-order chi connectivity index (χ1) is 14.4. The molecule has 2 heterocycles. The summed E-state index contributed by atoms with van der Waals surface area (Å²) in [4.78, 5) is 31.0. The number of halogens is 2. The van der Waals surface area contributed by atoms with Gasteiger partial charge in [0.25, 0.3) is 5.56 Å². The summed E-state index contributed by atoms with van der Waals surface area (Å²) in [6, 6.07) is 13.6. The monoisotopic (exact) mass is 458 g/mol. The Morgan fingerprint density at radius 1 is 1.17 bits per heavy atom. The average Bonchev–Trinajstić information content (AvgIpc) is 3.03. The summed E-state index contributed by atoms with van der Waals surface area (Å²) in [5.41, 5.74) is 1.99. The molecular weight excluding hydrogens is 443 g/mol. The highest BCUT2D eigenvalue weighted by Crippen LogP contribution is 2.34.